The van der Waals surface area contributed by atoms with E-state index in [-0.39, 0.29) is 16.9 Å². The van der Waals surface area contributed by atoms with Crippen molar-refractivity contribution in [3.8, 4) is 0 Å². The van der Waals surface area contributed by atoms with Gasteiger partial charge in [-0.2, -0.15) is 0 Å². The molecule has 0 fully saturated rings. The Balaban J connectivity index is 2.47. The van der Waals surface area contributed by atoms with Crippen LogP contribution in [-0.4, -0.2) is 16.9 Å². The first kappa shape index (κ1) is 13.4. The molecule has 0 unspecified atom stereocenters. The number of nitrogens with one attached hydrogen (secondary N) is 3. The number of hydrazine groups is 1. The second-order valence-corrected chi connectivity index (χ2v) is 3.94. The lowest BCUT2D eigenvalue weighted by Crippen LogP contribution is -2.47. The minimum atomic E-state index is -0.380. The SMILES string of the molecule is CC(=O)NC(=S)NNC(=O)c1ccc(Cl)cc1. The summed E-state index contributed by atoms with van der Waals surface area (Å²) < 4.78 is 0. The van der Waals surface area contributed by atoms with E-state index < -0.39 is 0 Å². The molecule has 0 aliphatic rings. The number of rotatable bonds is 1. The fourth-order valence-electron chi connectivity index (χ4n) is 0.978. The van der Waals surface area contributed by atoms with Crippen molar-refractivity contribution in [3.05, 3.63) is 34.9 Å². The first-order chi connectivity index (χ1) is 7.99. The predicted molar refractivity (Wildman–Crippen MR) is 68.5 cm³/mol. The monoisotopic (exact) mass is 271 g/mol. The highest BCUT2D eigenvalue weighted by atomic mass is 35.5. The van der Waals surface area contributed by atoms with Crippen molar-refractivity contribution >= 4 is 40.7 Å². The van der Waals surface area contributed by atoms with E-state index in [1.807, 2.05) is 0 Å². The lowest BCUT2D eigenvalue weighted by Gasteiger charge is -2.09. The summed E-state index contributed by atoms with van der Waals surface area (Å²) in [6.07, 6.45) is 0. The van der Waals surface area contributed by atoms with Crippen molar-refractivity contribution < 1.29 is 9.59 Å². The van der Waals surface area contributed by atoms with E-state index >= 15 is 0 Å². The maximum atomic E-state index is 11.6. The Labute approximate surface area is 108 Å². The van der Waals surface area contributed by atoms with Crippen LogP contribution in [0.3, 0.4) is 0 Å². The van der Waals surface area contributed by atoms with Gasteiger partial charge in [-0.05, 0) is 36.5 Å². The zero-order chi connectivity index (χ0) is 12.8. The fraction of sp³-hybridized carbons (Fsp3) is 0.100. The molecule has 0 aromatic heterocycles. The zero-order valence-corrected chi connectivity index (χ0v) is 10.5. The van der Waals surface area contributed by atoms with Crippen LogP contribution in [0.15, 0.2) is 24.3 Å². The van der Waals surface area contributed by atoms with Crippen molar-refractivity contribution in [1.29, 1.82) is 0 Å². The minimum absolute atomic E-state index is 0.0276. The van der Waals surface area contributed by atoms with Crippen molar-refractivity contribution in [1.82, 2.24) is 16.2 Å². The number of carbonyl (C=O) groups is 2. The molecule has 1 aromatic carbocycles. The molecular formula is C10H10ClN3O2S. The number of hydrogen-bond acceptors (Lipinski definition) is 3. The van der Waals surface area contributed by atoms with Gasteiger partial charge < -0.3 is 5.32 Å². The number of amides is 2. The van der Waals surface area contributed by atoms with E-state index in [2.05, 4.69) is 16.2 Å². The fourth-order valence-corrected chi connectivity index (χ4v) is 1.30. The molecule has 2 amide bonds. The van der Waals surface area contributed by atoms with Crippen LogP contribution in [0.2, 0.25) is 5.02 Å². The summed E-state index contributed by atoms with van der Waals surface area (Å²) >= 11 is 10.4. The summed E-state index contributed by atoms with van der Waals surface area (Å²) in [6, 6.07) is 6.34. The quantitative estimate of drug-likeness (QED) is 0.526. The summed E-state index contributed by atoms with van der Waals surface area (Å²) in [4.78, 5) is 22.2. The smallest absolute Gasteiger partial charge is 0.269 e. The Morgan fingerprint density at radius 1 is 1.18 bits per heavy atom. The van der Waals surface area contributed by atoms with E-state index in [1.165, 1.54) is 6.92 Å². The van der Waals surface area contributed by atoms with Gasteiger partial charge in [-0.1, -0.05) is 11.6 Å². The molecule has 0 atom stereocenters. The molecule has 0 spiro atoms. The zero-order valence-electron chi connectivity index (χ0n) is 8.91. The molecule has 5 nitrogen and oxygen atoms in total. The highest BCUT2D eigenvalue weighted by Crippen LogP contribution is 2.08. The Hall–Kier alpha value is -1.66. The second-order valence-electron chi connectivity index (χ2n) is 3.10. The van der Waals surface area contributed by atoms with Gasteiger partial charge in [0.05, 0.1) is 0 Å². The van der Waals surface area contributed by atoms with Crippen LogP contribution >= 0.6 is 23.8 Å². The average molecular weight is 272 g/mol. The van der Waals surface area contributed by atoms with Gasteiger partial charge in [0.25, 0.3) is 5.91 Å². The number of carbonyl (C=O) groups excluding carboxylic acids is 2. The first-order valence-corrected chi connectivity index (χ1v) is 5.41. The molecule has 0 bridgehead atoms. The van der Waals surface area contributed by atoms with Crippen LogP contribution in [0.4, 0.5) is 0 Å². The highest BCUT2D eigenvalue weighted by Gasteiger charge is 2.05. The molecule has 90 valence electrons. The van der Waals surface area contributed by atoms with Crippen LogP contribution in [0.1, 0.15) is 17.3 Å². The molecule has 0 saturated heterocycles. The third-order valence-corrected chi connectivity index (χ3v) is 2.14. The summed E-state index contributed by atoms with van der Waals surface area (Å²) in [5, 5.41) is 2.88. The second kappa shape index (κ2) is 6.17. The Morgan fingerprint density at radius 3 is 2.29 bits per heavy atom. The van der Waals surface area contributed by atoms with Crippen LogP contribution < -0.4 is 16.2 Å². The summed E-state index contributed by atoms with van der Waals surface area (Å²) in [5.41, 5.74) is 5.15. The molecule has 7 heteroatoms. The van der Waals surface area contributed by atoms with E-state index in [1.54, 1.807) is 24.3 Å². The number of hydrogen-bond donors (Lipinski definition) is 3. The van der Waals surface area contributed by atoms with Crippen molar-refractivity contribution in [2.24, 2.45) is 0 Å². The van der Waals surface area contributed by atoms with E-state index in [9.17, 15) is 9.59 Å². The predicted octanol–water partition coefficient (Wildman–Crippen LogP) is 0.995. The number of halogens is 1. The van der Waals surface area contributed by atoms with Crippen molar-refractivity contribution in [2.45, 2.75) is 6.92 Å². The molecule has 0 aliphatic heterocycles. The van der Waals surface area contributed by atoms with Gasteiger partial charge in [-0.25, -0.2) is 0 Å². The molecule has 0 aliphatic carbocycles. The Kier molecular flexibility index (Phi) is 4.86. The van der Waals surface area contributed by atoms with E-state index in [0.717, 1.165) is 0 Å². The lowest BCUT2D eigenvalue weighted by atomic mass is 10.2. The molecule has 0 radical (unpaired) electrons. The van der Waals surface area contributed by atoms with Gasteiger partial charge in [0, 0.05) is 17.5 Å². The van der Waals surface area contributed by atoms with Crippen molar-refractivity contribution in [3.63, 3.8) is 0 Å². The first-order valence-electron chi connectivity index (χ1n) is 4.62. The van der Waals surface area contributed by atoms with Crippen LogP contribution in [0.5, 0.6) is 0 Å². The van der Waals surface area contributed by atoms with Crippen LogP contribution in [0, 0.1) is 0 Å². The van der Waals surface area contributed by atoms with Gasteiger partial charge in [0.1, 0.15) is 0 Å². The number of thiocarbonyl (C=S) groups is 1. The highest BCUT2D eigenvalue weighted by molar-refractivity contribution is 7.80. The molecule has 17 heavy (non-hydrogen) atoms. The van der Waals surface area contributed by atoms with Gasteiger partial charge in [-0.3, -0.25) is 20.4 Å². The van der Waals surface area contributed by atoms with Gasteiger partial charge in [-0.15, -0.1) is 0 Å². The minimum Gasteiger partial charge on any atom is -0.302 e. The molecule has 3 N–H and O–H groups in total. The largest absolute Gasteiger partial charge is 0.302 e. The van der Waals surface area contributed by atoms with Gasteiger partial charge in [0.2, 0.25) is 5.91 Å². The van der Waals surface area contributed by atoms with Crippen LogP contribution in [-0.2, 0) is 4.79 Å². The van der Waals surface area contributed by atoms with Gasteiger partial charge >= 0.3 is 0 Å². The summed E-state index contributed by atoms with van der Waals surface area (Å²) in [6.45, 7) is 1.31. The Morgan fingerprint density at radius 2 is 1.76 bits per heavy atom. The molecule has 0 saturated carbocycles. The maximum absolute atomic E-state index is 11.6. The molecule has 1 aromatic rings. The normalized spacial score (nSPS) is 9.29. The standard InChI is InChI=1S/C10H10ClN3O2S/c1-6(15)12-10(17)14-13-9(16)7-2-4-8(11)5-3-7/h2-5H,1H3,(H,13,16)(H2,12,14,15,17). The molecular weight excluding hydrogens is 262 g/mol. The average Bonchev–Trinajstić information content (AvgIpc) is 2.26. The van der Waals surface area contributed by atoms with Gasteiger partial charge in [0.15, 0.2) is 5.11 Å². The summed E-state index contributed by atoms with van der Waals surface area (Å²) in [7, 11) is 0. The summed E-state index contributed by atoms with van der Waals surface area (Å²) in [5.74, 6) is -0.697. The molecule has 0 heterocycles. The third-order valence-electron chi connectivity index (χ3n) is 1.69. The Bertz CT molecular complexity index is 447. The van der Waals surface area contributed by atoms with E-state index in [0.29, 0.717) is 10.6 Å². The number of benzene rings is 1. The third kappa shape index (κ3) is 4.80. The maximum Gasteiger partial charge on any atom is 0.269 e. The molecule has 1 rings (SSSR count). The lowest BCUT2D eigenvalue weighted by molar-refractivity contribution is -0.117. The van der Waals surface area contributed by atoms with E-state index in [4.69, 9.17) is 23.8 Å². The topological polar surface area (TPSA) is 70.2 Å². The van der Waals surface area contributed by atoms with Crippen LogP contribution in [0.25, 0.3) is 0 Å². The van der Waals surface area contributed by atoms with Crippen molar-refractivity contribution in [2.75, 3.05) is 0 Å².